The summed E-state index contributed by atoms with van der Waals surface area (Å²) in [6.07, 6.45) is 1.68. The minimum atomic E-state index is -0.195. The molecule has 0 aliphatic rings. The first-order valence-corrected chi connectivity index (χ1v) is 9.99. The standard InChI is InChI=1S/C23H28N4O2/c1-4-17-29-19-13-11-18(12-14-19)22(28)25-23-24-20-9-7-8-10-21(20)27(23)16-15-26(5-2)6-3/h4,7-14H,1,5-6,15-17H2,2-3H3,(H,24,25,28). The number of likely N-dealkylation sites (N-methyl/N-ethyl adjacent to an activating group) is 1. The number of anilines is 1. The zero-order valence-electron chi connectivity index (χ0n) is 17.1. The maximum absolute atomic E-state index is 12.8. The molecule has 1 heterocycles. The van der Waals surface area contributed by atoms with Crippen molar-refractivity contribution in [2.75, 3.05) is 31.6 Å². The number of carbonyl (C=O) groups is 1. The molecule has 1 amide bonds. The number of amides is 1. The fourth-order valence-corrected chi connectivity index (χ4v) is 3.21. The Labute approximate surface area is 171 Å². The molecule has 0 saturated heterocycles. The third-order valence-corrected chi connectivity index (χ3v) is 4.90. The molecule has 0 saturated carbocycles. The van der Waals surface area contributed by atoms with Crippen molar-refractivity contribution < 1.29 is 9.53 Å². The van der Waals surface area contributed by atoms with Crippen molar-refractivity contribution in [3.8, 4) is 5.75 Å². The number of imidazole rings is 1. The van der Waals surface area contributed by atoms with Gasteiger partial charge in [-0.1, -0.05) is 38.6 Å². The van der Waals surface area contributed by atoms with Crippen LogP contribution in [0.5, 0.6) is 5.75 Å². The van der Waals surface area contributed by atoms with Gasteiger partial charge in [-0.15, -0.1) is 0 Å². The lowest BCUT2D eigenvalue weighted by molar-refractivity contribution is 0.102. The number of para-hydroxylation sites is 2. The first kappa shape index (κ1) is 20.6. The van der Waals surface area contributed by atoms with E-state index < -0.39 is 0 Å². The number of nitrogens with one attached hydrogen (secondary N) is 1. The summed E-state index contributed by atoms with van der Waals surface area (Å²) in [5, 5.41) is 2.98. The lowest BCUT2D eigenvalue weighted by Crippen LogP contribution is -2.27. The topological polar surface area (TPSA) is 59.4 Å². The summed E-state index contributed by atoms with van der Waals surface area (Å²) in [5.41, 5.74) is 2.44. The predicted octanol–water partition coefficient (Wildman–Crippen LogP) is 4.20. The Hall–Kier alpha value is -3.12. The van der Waals surface area contributed by atoms with Crippen LogP contribution in [0.4, 0.5) is 5.95 Å². The summed E-state index contributed by atoms with van der Waals surface area (Å²) in [4.78, 5) is 19.8. The lowest BCUT2D eigenvalue weighted by atomic mass is 10.2. The Morgan fingerprint density at radius 2 is 1.90 bits per heavy atom. The molecule has 152 valence electrons. The van der Waals surface area contributed by atoms with Crippen molar-refractivity contribution >= 4 is 22.9 Å². The number of fused-ring (bicyclic) bond motifs is 1. The average Bonchev–Trinajstić information content (AvgIpc) is 3.10. The van der Waals surface area contributed by atoms with Crippen LogP contribution in [0.1, 0.15) is 24.2 Å². The van der Waals surface area contributed by atoms with Gasteiger partial charge in [0.15, 0.2) is 0 Å². The van der Waals surface area contributed by atoms with Crippen molar-refractivity contribution in [2.24, 2.45) is 0 Å². The monoisotopic (exact) mass is 392 g/mol. The number of nitrogens with zero attached hydrogens (tertiary/aromatic N) is 3. The number of rotatable bonds is 10. The zero-order chi connectivity index (χ0) is 20.6. The third-order valence-electron chi connectivity index (χ3n) is 4.90. The van der Waals surface area contributed by atoms with Crippen LogP contribution in [0.2, 0.25) is 0 Å². The number of ether oxygens (including phenoxy) is 1. The lowest BCUT2D eigenvalue weighted by Gasteiger charge is -2.19. The van der Waals surface area contributed by atoms with Gasteiger partial charge >= 0.3 is 0 Å². The molecular formula is C23H28N4O2. The number of hydrogen-bond donors (Lipinski definition) is 1. The van der Waals surface area contributed by atoms with E-state index >= 15 is 0 Å². The van der Waals surface area contributed by atoms with Gasteiger partial charge < -0.3 is 14.2 Å². The fraction of sp³-hybridized carbons (Fsp3) is 0.304. The summed E-state index contributed by atoms with van der Waals surface area (Å²) in [5.74, 6) is 1.07. The van der Waals surface area contributed by atoms with Crippen molar-refractivity contribution in [3.63, 3.8) is 0 Å². The molecule has 0 aliphatic heterocycles. The molecule has 2 aromatic carbocycles. The second-order valence-electron chi connectivity index (χ2n) is 6.68. The van der Waals surface area contributed by atoms with Crippen LogP contribution in [0.15, 0.2) is 61.2 Å². The van der Waals surface area contributed by atoms with Gasteiger partial charge in [-0.25, -0.2) is 4.98 Å². The molecule has 0 bridgehead atoms. The molecular weight excluding hydrogens is 364 g/mol. The van der Waals surface area contributed by atoms with E-state index in [-0.39, 0.29) is 5.91 Å². The fourth-order valence-electron chi connectivity index (χ4n) is 3.21. The Kier molecular flexibility index (Phi) is 7.03. The van der Waals surface area contributed by atoms with Crippen molar-refractivity contribution in [1.82, 2.24) is 14.5 Å². The van der Waals surface area contributed by atoms with Gasteiger partial charge in [0.05, 0.1) is 11.0 Å². The van der Waals surface area contributed by atoms with E-state index in [0.717, 1.165) is 37.2 Å². The largest absolute Gasteiger partial charge is 0.490 e. The molecule has 0 atom stereocenters. The number of carbonyl (C=O) groups excluding carboxylic acids is 1. The van der Waals surface area contributed by atoms with E-state index in [9.17, 15) is 4.79 Å². The van der Waals surface area contributed by atoms with Crippen LogP contribution < -0.4 is 10.1 Å². The van der Waals surface area contributed by atoms with Gasteiger partial charge in [-0.3, -0.25) is 10.1 Å². The maximum Gasteiger partial charge on any atom is 0.257 e. The van der Waals surface area contributed by atoms with Gasteiger partial charge in [-0.05, 0) is 49.5 Å². The molecule has 29 heavy (non-hydrogen) atoms. The quantitative estimate of drug-likeness (QED) is 0.526. The van der Waals surface area contributed by atoms with Crippen LogP contribution in [-0.2, 0) is 6.54 Å². The normalized spacial score (nSPS) is 11.0. The molecule has 0 spiro atoms. The molecule has 3 rings (SSSR count). The Morgan fingerprint density at radius 1 is 1.17 bits per heavy atom. The molecule has 0 unspecified atom stereocenters. The summed E-state index contributed by atoms with van der Waals surface area (Å²) in [6.45, 7) is 12.0. The molecule has 0 aliphatic carbocycles. The Bertz CT molecular complexity index is 959. The van der Waals surface area contributed by atoms with Crippen molar-refractivity contribution in [3.05, 3.63) is 66.7 Å². The highest BCUT2D eigenvalue weighted by atomic mass is 16.5. The van der Waals surface area contributed by atoms with Gasteiger partial charge in [0.2, 0.25) is 5.95 Å². The highest BCUT2D eigenvalue weighted by molar-refractivity contribution is 6.04. The van der Waals surface area contributed by atoms with E-state index in [2.05, 4.69) is 40.2 Å². The van der Waals surface area contributed by atoms with Crippen LogP contribution in [0.25, 0.3) is 11.0 Å². The third kappa shape index (κ3) is 5.03. The summed E-state index contributed by atoms with van der Waals surface area (Å²) in [6, 6.07) is 15.0. The van der Waals surface area contributed by atoms with E-state index in [4.69, 9.17) is 4.74 Å². The minimum Gasteiger partial charge on any atom is -0.490 e. The summed E-state index contributed by atoms with van der Waals surface area (Å²) < 4.78 is 7.55. The van der Waals surface area contributed by atoms with Crippen LogP contribution in [-0.4, -0.2) is 46.6 Å². The molecule has 1 N–H and O–H groups in total. The van der Waals surface area contributed by atoms with E-state index in [1.807, 2.05) is 24.3 Å². The molecule has 1 aromatic heterocycles. The van der Waals surface area contributed by atoms with Crippen LogP contribution in [0, 0.1) is 0 Å². The van der Waals surface area contributed by atoms with E-state index in [0.29, 0.717) is 23.9 Å². The van der Waals surface area contributed by atoms with Gasteiger partial charge in [0, 0.05) is 18.7 Å². The first-order valence-electron chi connectivity index (χ1n) is 9.99. The number of benzene rings is 2. The minimum absolute atomic E-state index is 0.195. The number of hydrogen-bond acceptors (Lipinski definition) is 4. The zero-order valence-corrected chi connectivity index (χ0v) is 17.1. The maximum atomic E-state index is 12.8. The summed E-state index contributed by atoms with van der Waals surface area (Å²) >= 11 is 0. The van der Waals surface area contributed by atoms with Crippen molar-refractivity contribution in [2.45, 2.75) is 20.4 Å². The molecule has 6 heteroatoms. The second kappa shape index (κ2) is 9.89. The van der Waals surface area contributed by atoms with E-state index in [1.165, 1.54) is 0 Å². The Morgan fingerprint density at radius 3 is 2.59 bits per heavy atom. The van der Waals surface area contributed by atoms with Gasteiger partial charge in [0.25, 0.3) is 5.91 Å². The highest BCUT2D eigenvalue weighted by Gasteiger charge is 2.15. The molecule has 3 aromatic rings. The molecule has 0 fully saturated rings. The van der Waals surface area contributed by atoms with Gasteiger partial charge in [-0.2, -0.15) is 0 Å². The van der Waals surface area contributed by atoms with Gasteiger partial charge in [0.1, 0.15) is 12.4 Å². The first-order chi connectivity index (χ1) is 14.2. The Balaban J connectivity index is 1.80. The number of aromatic nitrogens is 2. The average molecular weight is 393 g/mol. The highest BCUT2D eigenvalue weighted by Crippen LogP contribution is 2.21. The smallest absolute Gasteiger partial charge is 0.257 e. The van der Waals surface area contributed by atoms with Crippen LogP contribution in [0.3, 0.4) is 0 Å². The second-order valence-corrected chi connectivity index (χ2v) is 6.68. The predicted molar refractivity (Wildman–Crippen MR) is 118 cm³/mol. The van der Waals surface area contributed by atoms with Crippen LogP contribution >= 0.6 is 0 Å². The van der Waals surface area contributed by atoms with Crippen molar-refractivity contribution in [1.29, 1.82) is 0 Å². The molecule has 6 nitrogen and oxygen atoms in total. The summed E-state index contributed by atoms with van der Waals surface area (Å²) in [7, 11) is 0. The van der Waals surface area contributed by atoms with E-state index in [1.54, 1.807) is 30.3 Å². The SMILES string of the molecule is C=CCOc1ccc(C(=O)Nc2nc3ccccc3n2CCN(CC)CC)cc1. The molecule has 0 radical (unpaired) electrons.